The summed E-state index contributed by atoms with van der Waals surface area (Å²) in [5.41, 5.74) is 0.857. The van der Waals surface area contributed by atoms with E-state index in [0.717, 1.165) is 6.07 Å². The maximum absolute atomic E-state index is 13.4. The third kappa shape index (κ3) is 3.46. The van der Waals surface area contributed by atoms with Crippen LogP contribution in [-0.4, -0.2) is 14.2 Å². The molecule has 21 heavy (non-hydrogen) atoms. The fourth-order valence-corrected chi connectivity index (χ4v) is 2.85. The molecule has 1 N–H and O–H groups in total. The number of ketones is 1. The zero-order valence-electron chi connectivity index (χ0n) is 11.6. The Morgan fingerprint density at radius 2 is 1.86 bits per heavy atom. The average Bonchev–Trinajstić information content (AvgIpc) is 2.43. The van der Waals surface area contributed by atoms with E-state index in [1.165, 1.54) is 43.3 Å². The molecule has 0 saturated carbocycles. The van der Waals surface area contributed by atoms with Crippen molar-refractivity contribution in [1.29, 1.82) is 0 Å². The second-order valence-corrected chi connectivity index (χ2v) is 6.34. The van der Waals surface area contributed by atoms with Gasteiger partial charge in [0, 0.05) is 5.56 Å². The Balaban J connectivity index is 2.36. The first-order valence-corrected chi connectivity index (χ1v) is 7.68. The maximum atomic E-state index is 13.4. The minimum atomic E-state index is -3.87. The molecule has 0 heterocycles. The van der Waals surface area contributed by atoms with Crippen LogP contribution in [0.1, 0.15) is 22.8 Å². The number of sulfonamides is 1. The Hall–Kier alpha value is -2.21. The summed E-state index contributed by atoms with van der Waals surface area (Å²) in [7, 11) is -3.87. The summed E-state index contributed by atoms with van der Waals surface area (Å²) < 4.78 is 40.2. The summed E-state index contributed by atoms with van der Waals surface area (Å²) in [5.74, 6) is -0.721. The Labute approximate surface area is 122 Å². The molecule has 0 bridgehead atoms. The molecule has 0 aliphatic heterocycles. The molecule has 6 heteroatoms. The van der Waals surface area contributed by atoms with Gasteiger partial charge in [-0.1, -0.05) is 18.2 Å². The molecule has 0 aliphatic rings. The van der Waals surface area contributed by atoms with Gasteiger partial charge in [-0.15, -0.1) is 0 Å². The van der Waals surface area contributed by atoms with Crippen LogP contribution >= 0.6 is 0 Å². The number of Topliss-reactive ketones (excluding diaryl/α,β-unsaturated/α-hetero) is 1. The highest BCUT2D eigenvalue weighted by molar-refractivity contribution is 7.92. The highest BCUT2D eigenvalue weighted by Crippen LogP contribution is 2.19. The molecular formula is C15H14FNO3S. The molecule has 110 valence electrons. The van der Waals surface area contributed by atoms with Crippen molar-refractivity contribution in [1.82, 2.24) is 0 Å². The van der Waals surface area contributed by atoms with Crippen molar-refractivity contribution in [2.75, 3.05) is 4.72 Å². The van der Waals surface area contributed by atoms with Gasteiger partial charge in [-0.25, -0.2) is 12.8 Å². The van der Waals surface area contributed by atoms with E-state index in [1.807, 2.05) is 0 Å². The van der Waals surface area contributed by atoms with Crippen LogP contribution in [0.4, 0.5) is 10.1 Å². The molecule has 0 aliphatic carbocycles. The van der Waals surface area contributed by atoms with E-state index < -0.39 is 15.8 Å². The zero-order valence-corrected chi connectivity index (χ0v) is 12.4. The molecule has 2 aromatic rings. The van der Waals surface area contributed by atoms with Crippen molar-refractivity contribution in [3.63, 3.8) is 0 Å². The van der Waals surface area contributed by atoms with E-state index >= 15 is 0 Å². The summed E-state index contributed by atoms with van der Waals surface area (Å²) in [6.07, 6.45) is 0. The lowest BCUT2D eigenvalue weighted by atomic mass is 10.2. The molecule has 0 aromatic heterocycles. The summed E-state index contributed by atoms with van der Waals surface area (Å²) >= 11 is 0. The van der Waals surface area contributed by atoms with Crippen LogP contribution in [0.2, 0.25) is 0 Å². The molecule has 0 atom stereocenters. The molecule has 2 aromatic carbocycles. The number of carbonyl (C=O) groups is 1. The number of carbonyl (C=O) groups excluding carboxylic acids is 1. The molecule has 0 radical (unpaired) electrons. The summed E-state index contributed by atoms with van der Waals surface area (Å²) in [6, 6.07) is 9.76. The number of anilines is 1. The second-order valence-electron chi connectivity index (χ2n) is 4.65. The highest BCUT2D eigenvalue weighted by atomic mass is 32.2. The Morgan fingerprint density at radius 3 is 2.48 bits per heavy atom. The van der Waals surface area contributed by atoms with Crippen molar-refractivity contribution in [3.8, 4) is 0 Å². The molecule has 4 nitrogen and oxygen atoms in total. The lowest BCUT2D eigenvalue weighted by Gasteiger charge is -2.09. The van der Waals surface area contributed by atoms with E-state index in [-0.39, 0.29) is 16.4 Å². The van der Waals surface area contributed by atoms with Crippen LogP contribution in [-0.2, 0) is 10.0 Å². The van der Waals surface area contributed by atoms with Crippen LogP contribution in [0.25, 0.3) is 0 Å². The molecule has 0 fully saturated rings. The van der Waals surface area contributed by atoms with E-state index in [9.17, 15) is 17.6 Å². The lowest BCUT2D eigenvalue weighted by molar-refractivity contribution is 0.101. The number of aryl methyl sites for hydroxylation is 1. The van der Waals surface area contributed by atoms with E-state index in [4.69, 9.17) is 0 Å². The highest BCUT2D eigenvalue weighted by Gasteiger charge is 2.16. The van der Waals surface area contributed by atoms with Crippen LogP contribution in [0.15, 0.2) is 47.4 Å². The van der Waals surface area contributed by atoms with Crippen molar-refractivity contribution in [3.05, 3.63) is 59.4 Å². The largest absolute Gasteiger partial charge is 0.295 e. The van der Waals surface area contributed by atoms with E-state index in [1.54, 1.807) is 6.92 Å². The lowest BCUT2D eigenvalue weighted by Crippen LogP contribution is -2.13. The van der Waals surface area contributed by atoms with Crippen molar-refractivity contribution in [2.45, 2.75) is 18.7 Å². The van der Waals surface area contributed by atoms with Gasteiger partial charge in [0.2, 0.25) is 0 Å². The van der Waals surface area contributed by atoms with Gasteiger partial charge in [0.1, 0.15) is 5.82 Å². The Morgan fingerprint density at radius 1 is 1.14 bits per heavy atom. The minimum absolute atomic E-state index is 0.0452. The molecular weight excluding hydrogens is 293 g/mol. The quantitative estimate of drug-likeness (QED) is 0.883. The van der Waals surface area contributed by atoms with E-state index in [2.05, 4.69) is 4.72 Å². The van der Waals surface area contributed by atoms with Crippen molar-refractivity contribution < 1.29 is 17.6 Å². The first-order valence-electron chi connectivity index (χ1n) is 6.19. The first kappa shape index (κ1) is 15.2. The first-order chi connectivity index (χ1) is 9.79. The summed E-state index contributed by atoms with van der Waals surface area (Å²) in [5, 5.41) is 0. The van der Waals surface area contributed by atoms with Gasteiger partial charge in [-0.05, 0) is 43.7 Å². The van der Waals surface area contributed by atoms with Crippen LogP contribution in [0, 0.1) is 12.7 Å². The number of rotatable bonds is 4. The van der Waals surface area contributed by atoms with Crippen LogP contribution in [0.5, 0.6) is 0 Å². The average molecular weight is 307 g/mol. The Bertz CT molecular complexity index is 800. The summed E-state index contributed by atoms with van der Waals surface area (Å²) in [4.78, 5) is 11.3. The SMILES string of the molecule is CC(=O)c1cccc(S(=O)(=O)Nc2ccc(C)c(F)c2)c1. The van der Waals surface area contributed by atoms with Gasteiger partial charge in [0.05, 0.1) is 10.6 Å². The third-order valence-corrected chi connectivity index (χ3v) is 4.35. The molecule has 0 unspecified atom stereocenters. The number of benzene rings is 2. The van der Waals surface area contributed by atoms with Crippen molar-refractivity contribution in [2.24, 2.45) is 0 Å². The number of nitrogens with one attached hydrogen (secondary N) is 1. The maximum Gasteiger partial charge on any atom is 0.261 e. The standard InChI is InChI=1S/C15H14FNO3S/c1-10-6-7-13(9-15(10)16)17-21(19,20)14-5-3-4-12(8-14)11(2)18/h3-9,17H,1-2H3. The second kappa shape index (κ2) is 5.65. The van der Waals surface area contributed by atoms with Gasteiger partial charge in [-0.2, -0.15) is 0 Å². The monoisotopic (exact) mass is 307 g/mol. The number of hydrogen-bond donors (Lipinski definition) is 1. The number of halogens is 1. The topological polar surface area (TPSA) is 63.2 Å². The zero-order chi connectivity index (χ0) is 15.6. The van der Waals surface area contributed by atoms with Gasteiger partial charge in [0.25, 0.3) is 10.0 Å². The molecule has 0 spiro atoms. The van der Waals surface area contributed by atoms with Crippen LogP contribution in [0.3, 0.4) is 0 Å². The Kier molecular flexibility index (Phi) is 4.09. The van der Waals surface area contributed by atoms with E-state index in [0.29, 0.717) is 11.1 Å². The molecule has 2 rings (SSSR count). The van der Waals surface area contributed by atoms with Gasteiger partial charge >= 0.3 is 0 Å². The fourth-order valence-electron chi connectivity index (χ4n) is 1.75. The normalized spacial score (nSPS) is 11.2. The minimum Gasteiger partial charge on any atom is -0.295 e. The van der Waals surface area contributed by atoms with Crippen molar-refractivity contribution >= 4 is 21.5 Å². The smallest absolute Gasteiger partial charge is 0.261 e. The summed E-state index contributed by atoms with van der Waals surface area (Å²) in [6.45, 7) is 2.94. The molecule has 0 saturated heterocycles. The predicted molar refractivity (Wildman–Crippen MR) is 78.4 cm³/mol. The predicted octanol–water partition coefficient (Wildman–Crippen LogP) is 3.14. The fraction of sp³-hybridized carbons (Fsp3) is 0.133. The molecule has 0 amide bonds. The third-order valence-electron chi connectivity index (χ3n) is 2.97. The van der Waals surface area contributed by atoms with Gasteiger partial charge in [0.15, 0.2) is 5.78 Å². The van der Waals surface area contributed by atoms with Gasteiger partial charge in [-0.3, -0.25) is 9.52 Å². The van der Waals surface area contributed by atoms with Crippen LogP contribution < -0.4 is 4.72 Å². The van der Waals surface area contributed by atoms with Gasteiger partial charge < -0.3 is 0 Å². The number of hydrogen-bond acceptors (Lipinski definition) is 3.